The maximum absolute atomic E-state index is 11.6. The molecule has 1 aromatic heterocycles. The number of H-pyrrole nitrogens is 1. The zero-order chi connectivity index (χ0) is 17.2. The molecule has 2 heterocycles. The van der Waals surface area contributed by atoms with Crippen LogP contribution in [-0.4, -0.2) is 17.5 Å². The van der Waals surface area contributed by atoms with Crippen molar-refractivity contribution in [3.8, 4) is 0 Å². The van der Waals surface area contributed by atoms with Gasteiger partial charge in [0.05, 0.1) is 5.41 Å². The Hall–Kier alpha value is -2.62. The van der Waals surface area contributed by atoms with E-state index in [9.17, 15) is 4.79 Å². The second-order valence-corrected chi connectivity index (χ2v) is 6.48. The highest BCUT2D eigenvalue weighted by atomic mass is 16.5. The number of pyridine rings is 1. The molecule has 0 unspecified atom stereocenters. The van der Waals surface area contributed by atoms with Gasteiger partial charge in [-0.3, -0.25) is 4.79 Å². The first-order chi connectivity index (χ1) is 11.5. The molecule has 1 atom stereocenters. The maximum Gasteiger partial charge on any atom is 0.248 e. The minimum absolute atomic E-state index is 0.00522. The van der Waals surface area contributed by atoms with Crippen LogP contribution in [0, 0.1) is 0 Å². The Labute approximate surface area is 141 Å². The van der Waals surface area contributed by atoms with Crippen molar-refractivity contribution in [3.05, 3.63) is 75.7 Å². The summed E-state index contributed by atoms with van der Waals surface area (Å²) in [6.45, 7) is 6.55. The van der Waals surface area contributed by atoms with Crippen LogP contribution in [0.2, 0.25) is 0 Å². The fourth-order valence-electron chi connectivity index (χ4n) is 2.84. The molecule has 1 aromatic carbocycles. The molecule has 1 N–H and O–H groups in total. The number of hydrogen-bond donors (Lipinski definition) is 1. The van der Waals surface area contributed by atoms with Gasteiger partial charge in [-0.2, -0.15) is 0 Å². The molecule has 4 heteroatoms. The molecule has 0 amide bonds. The summed E-state index contributed by atoms with van der Waals surface area (Å²) in [5.41, 5.74) is 2.52. The molecule has 0 saturated heterocycles. The van der Waals surface area contributed by atoms with Crippen molar-refractivity contribution in [2.24, 2.45) is 4.99 Å². The van der Waals surface area contributed by atoms with Crippen LogP contribution in [0.15, 0.2) is 58.3 Å². The van der Waals surface area contributed by atoms with Gasteiger partial charge in [-0.15, -0.1) is 0 Å². The van der Waals surface area contributed by atoms with E-state index in [1.54, 1.807) is 6.07 Å². The van der Waals surface area contributed by atoms with Crippen LogP contribution in [-0.2, 0) is 10.2 Å². The van der Waals surface area contributed by atoms with Gasteiger partial charge in [-0.05, 0) is 38.0 Å². The average molecular weight is 322 g/mol. The van der Waals surface area contributed by atoms with Gasteiger partial charge >= 0.3 is 0 Å². The van der Waals surface area contributed by atoms with E-state index in [1.165, 1.54) is 11.6 Å². The number of aromatic nitrogens is 1. The first-order valence-electron chi connectivity index (χ1n) is 8.14. The third kappa shape index (κ3) is 3.18. The third-order valence-electron chi connectivity index (χ3n) is 4.31. The van der Waals surface area contributed by atoms with Gasteiger partial charge in [-0.1, -0.05) is 42.5 Å². The van der Waals surface area contributed by atoms with Crippen molar-refractivity contribution in [1.82, 2.24) is 4.98 Å². The summed E-state index contributed by atoms with van der Waals surface area (Å²) in [7, 11) is 0. The lowest BCUT2D eigenvalue weighted by molar-refractivity contribution is 0.295. The van der Waals surface area contributed by atoms with Gasteiger partial charge in [0.2, 0.25) is 5.56 Å². The number of ether oxygens (including phenoxy) is 1. The lowest BCUT2D eigenvalue weighted by atomic mass is 9.88. The van der Waals surface area contributed by atoms with Crippen molar-refractivity contribution >= 4 is 12.0 Å². The summed E-state index contributed by atoms with van der Waals surface area (Å²) in [5.74, 6) is 0.659. The molecule has 4 nitrogen and oxygen atoms in total. The summed E-state index contributed by atoms with van der Waals surface area (Å²) >= 11 is 0. The van der Waals surface area contributed by atoms with Gasteiger partial charge < -0.3 is 9.72 Å². The summed E-state index contributed by atoms with van der Waals surface area (Å²) < 4.78 is 5.87. The average Bonchev–Trinajstić information content (AvgIpc) is 3.07. The second kappa shape index (κ2) is 6.48. The topological polar surface area (TPSA) is 54.5 Å². The smallest absolute Gasteiger partial charge is 0.248 e. The Morgan fingerprint density at radius 2 is 1.96 bits per heavy atom. The SMILES string of the molecule is C/C=C/c1ccc([C@H]2COC(C(C)(C)c3cccc(=O)[nH]3)=N2)cc1. The van der Waals surface area contributed by atoms with Crippen LogP contribution in [0.25, 0.3) is 6.08 Å². The van der Waals surface area contributed by atoms with Crippen LogP contribution in [0.3, 0.4) is 0 Å². The molecule has 1 aliphatic heterocycles. The van der Waals surface area contributed by atoms with Crippen molar-refractivity contribution in [2.75, 3.05) is 6.61 Å². The lowest BCUT2D eigenvalue weighted by Crippen LogP contribution is -2.32. The predicted molar refractivity (Wildman–Crippen MR) is 97.4 cm³/mol. The molecule has 124 valence electrons. The number of hydrogen-bond acceptors (Lipinski definition) is 3. The fraction of sp³-hybridized carbons (Fsp3) is 0.300. The summed E-state index contributed by atoms with van der Waals surface area (Å²) in [4.78, 5) is 19.2. The van der Waals surface area contributed by atoms with Crippen molar-refractivity contribution in [2.45, 2.75) is 32.2 Å². The van der Waals surface area contributed by atoms with Gasteiger partial charge in [0, 0.05) is 11.8 Å². The van der Waals surface area contributed by atoms with Crippen LogP contribution < -0.4 is 5.56 Å². The van der Waals surface area contributed by atoms with E-state index in [1.807, 2.05) is 32.9 Å². The van der Waals surface area contributed by atoms with E-state index < -0.39 is 5.41 Å². The van der Waals surface area contributed by atoms with Crippen molar-refractivity contribution < 1.29 is 4.74 Å². The Bertz CT molecular complexity index is 829. The van der Waals surface area contributed by atoms with Crippen LogP contribution in [0.4, 0.5) is 0 Å². The molecule has 0 radical (unpaired) electrons. The maximum atomic E-state index is 11.6. The predicted octanol–water partition coefficient (Wildman–Crippen LogP) is 3.86. The highest BCUT2D eigenvalue weighted by Crippen LogP contribution is 2.31. The van der Waals surface area contributed by atoms with Crippen molar-refractivity contribution in [3.63, 3.8) is 0 Å². The van der Waals surface area contributed by atoms with Gasteiger partial charge in [-0.25, -0.2) is 4.99 Å². The third-order valence-corrected chi connectivity index (χ3v) is 4.31. The number of allylic oxidation sites excluding steroid dienone is 1. The van der Waals surface area contributed by atoms with Crippen molar-refractivity contribution in [1.29, 1.82) is 0 Å². The number of aromatic amines is 1. The van der Waals surface area contributed by atoms with Crippen LogP contribution in [0.5, 0.6) is 0 Å². The zero-order valence-electron chi connectivity index (χ0n) is 14.2. The van der Waals surface area contributed by atoms with E-state index in [0.29, 0.717) is 12.5 Å². The molecule has 0 spiro atoms. The summed E-state index contributed by atoms with van der Waals surface area (Å²) in [6.07, 6.45) is 4.09. The van der Waals surface area contributed by atoms with Gasteiger partial charge in [0.15, 0.2) is 5.90 Å². The highest BCUT2D eigenvalue weighted by Gasteiger charge is 2.35. The molecular weight excluding hydrogens is 300 g/mol. The Balaban J connectivity index is 1.85. The molecular formula is C20H22N2O2. The standard InChI is InChI=1S/C20H22N2O2/c1-4-6-14-9-11-15(12-10-14)16-13-24-19(21-16)20(2,3)17-7-5-8-18(23)22-17/h4-12,16H,13H2,1-3H3,(H,22,23)/b6-4+/t16-/m1/s1. The van der Waals surface area contributed by atoms with E-state index in [4.69, 9.17) is 9.73 Å². The minimum atomic E-state index is -0.472. The number of aliphatic imine (C=N–C) groups is 1. The Morgan fingerprint density at radius 1 is 1.21 bits per heavy atom. The Morgan fingerprint density at radius 3 is 2.62 bits per heavy atom. The molecule has 2 aromatic rings. The molecule has 0 saturated carbocycles. The molecule has 0 bridgehead atoms. The fourth-order valence-corrected chi connectivity index (χ4v) is 2.84. The van der Waals surface area contributed by atoms with E-state index in [0.717, 1.165) is 11.3 Å². The van der Waals surface area contributed by atoms with Gasteiger partial charge in [0.1, 0.15) is 12.6 Å². The molecule has 1 aliphatic rings. The zero-order valence-corrected chi connectivity index (χ0v) is 14.2. The number of rotatable bonds is 4. The largest absolute Gasteiger partial charge is 0.478 e. The number of benzene rings is 1. The lowest BCUT2D eigenvalue weighted by Gasteiger charge is -2.23. The normalized spacial score (nSPS) is 17.8. The van der Waals surface area contributed by atoms with E-state index >= 15 is 0 Å². The highest BCUT2D eigenvalue weighted by molar-refractivity contribution is 5.88. The Kier molecular flexibility index (Phi) is 4.38. The number of nitrogens with one attached hydrogen (secondary N) is 1. The molecule has 0 fully saturated rings. The second-order valence-electron chi connectivity index (χ2n) is 6.48. The molecule has 0 aliphatic carbocycles. The minimum Gasteiger partial charge on any atom is -0.478 e. The first kappa shape index (κ1) is 16.2. The van der Waals surface area contributed by atoms with E-state index in [-0.39, 0.29) is 11.6 Å². The van der Waals surface area contributed by atoms with Crippen LogP contribution in [0.1, 0.15) is 43.6 Å². The van der Waals surface area contributed by atoms with E-state index in [2.05, 4.69) is 35.3 Å². The summed E-state index contributed by atoms with van der Waals surface area (Å²) in [6, 6.07) is 13.5. The van der Waals surface area contributed by atoms with Crippen LogP contribution >= 0.6 is 0 Å². The number of nitrogens with zero attached hydrogens (tertiary/aromatic N) is 1. The summed E-state index contributed by atoms with van der Waals surface area (Å²) in [5, 5.41) is 0. The quantitative estimate of drug-likeness (QED) is 0.929. The van der Waals surface area contributed by atoms with Gasteiger partial charge in [0.25, 0.3) is 0 Å². The molecule has 3 rings (SSSR count). The molecule has 24 heavy (non-hydrogen) atoms. The first-order valence-corrected chi connectivity index (χ1v) is 8.14. The monoisotopic (exact) mass is 322 g/mol.